The molecule has 0 saturated carbocycles. The van der Waals surface area contributed by atoms with Crippen molar-refractivity contribution in [2.45, 2.75) is 19.9 Å². The number of aryl methyl sites for hydroxylation is 1. The first-order valence-electron chi connectivity index (χ1n) is 6.10. The minimum Gasteiger partial charge on any atom is -0.479 e. The highest BCUT2D eigenvalue weighted by atomic mass is 16.5. The molecule has 1 atom stereocenters. The van der Waals surface area contributed by atoms with Crippen LogP contribution in [0, 0.1) is 6.92 Å². The molecule has 0 saturated heterocycles. The number of nitrogen functional groups attached to an aromatic ring is 1. The normalized spacial score (nSPS) is 11.9. The average molecular weight is 258 g/mol. The molecule has 19 heavy (non-hydrogen) atoms. The molecular formula is C14H18N4O. The van der Waals surface area contributed by atoms with E-state index in [4.69, 9.17) is 10.5 Å². The second-order valence-electron chi connectivity index (χ2n) is 4.37. The molecule has 0 amide bonds. The van der Waals surface area contributed by atoms with Gasteiger partial charge in [0, 0.05) is 0 Å². The highest BCUT2D eigenvalue weighted by Crippen LogP contribution is 2.28. The quantitative estimate of drug-likeness (QED) is 0.881. The Kier molecular flexibility index (Phi) is 3.85. The van der Waals surface area contributed by atoms with Gasteiger partial charge in [0.2, 0.25) is 5.88 Å². The summed E-state index contributed by atoms with van der Waals surface area (Å²) in [4.78, 5) is 8.11. The third-order valence-corrected chi connectivity index (χ3v) is 3.05. The van der Waals surface area contributed by atoms with Crippen molar-refractivity contribution in [3.05, 3.63) is 41.7 Å². The summed E-state index contributed by atoms with van der Waals surface area (Å²) in [7, 11) is 1.53. The molecule has 5 nitrogen and oxygen atoms in total. The maximum atomic E-state index is 5.95. The molecule has 0 aliphatic carbocycles. The fourth-order valence-electron chi connectivity index (χ4n) is 2.01. The van der Waals surface area contributed by atoms with Crippen LogP contribution in [0.2, 0.25) is 0 Å². The first-order chi connectivity index (χ1) is 9.13. The van der Waals surface area contributed by atoms with Gasteiger partial charge in [-0.2, -0.15) is 4.98 Å². The Labute approximate surface area is 112 Å². The molecule has 2 rings (SSSR count). The summed E-state index contributed by atoms with van der Waals surface area (Å²) in [6.45, 7) is 4.15. The van der Waals surface area contributed by atoms with Crippen LogP contribution in [0.4, 0.5) is 11.5 Å². The van der Waals surface area contributed by atoms with Crippen molar-refractivity contribution in [2.24, 2.45) is 0 Å². The van der Waals surface area contributed by atoms with Gasteiger partial charge in [0.15, 0.2) is 5.82 Å². The van der Waals surface area contributed by atoms with Gasteiger partial charge >= 0.3 is 0 Å². The molecule has 0 fully saturated rings. The van der Waals surface area contributed by atoms with Crippen molar-refractivity contribution in [1.82, 2.24) is 9.97 Å². The zero-order valence-corrected chi connectivity index (χ0v) is 11.3. The predicted molar refractivity (Wildman–Crippen MR) is 76.2 cm³/mol. The van der Waals surface area contributed by atoms with E-state index in [-0.39, 0.29) is 6.04 Å². The van der Waals surface area contributed by atoms with Gasteiger partial charge in [-0.05, 0) is 25.0 Å². The Balaban J connectivity index is 2.24. The number of hydrogen-bond donors (Lipinski definition) is 2. The molecular weight excluding hydrogens is 240 g/mol. The minimum absolute atomic E-state index is 0.100. The number of aromatic nitrogens is 2. The summed E-state index contributed by atoms with van der Waals surface area (Å²) in [6, 6.07) is 8.31. The summed E-state index contributed by atoms with van der Waals surface area (Å²) < 4.78 is 5.08. The molecule has 5 heteroatoms. The van der Waals surface area contributed by atoms with Crippen molar-refractivity contribution in [3.8, 4) is 5.88 Å². The van der Waals surface area contributed by atoms with E-state index in [0.717, 1.165) is 0 Å². The highest BCUT2D eigenvalue weighted by molar-refractivity contribution is 5.67. The zero-order chi connectivity index (χ0) is 13.8. The van der Waals surface area contributed by atoms with Gasteiger partial charge in [-0.1, -0.05) is 24.3 Å². The van der Waals surface area contributed by atoms with Gasteiger partial charge in [0.05, 0.1) is 13.2 Å². The van der Waals surface area contributed by atoms with Gasteiger partial charge < -0.3 is 15.8 Å². The molecule has 1 heterocycles. The lowest BCUT2D eigenvalue weighted by Gasteiger charge is -2.18. The van der Waals surface area contributed by atoms with Crippen molar-refractivity contribution < 1.29 is 4.74 Å². The number of nitrogens with zero attached hydrogens (tertiary/aromatic N) is 2. The summed E-state index contributed by atoms with van der Waals surface area (Å²) >= 11 is 0. The molecule has 1 aromatic heterocycles. The summed E-state index contributed by atoms with van der Waals surface area (Å²) in [5, 5.41) is 3.29. The molecule has 100 valence electrons. The second kappa shape index (κ2) is 5.56. The van der Waals surface area contributed by atoms with Crippen molar-refractivity contribution in [2.75, 3.05) is 18.2 Å². The largest absolute Gasteiger partial charge is 0.479 e. The predicted octanol–water partition coefficient (Wildman–Crippen LogP) is 2.55. The van der Waals surface area contributed by atoms with Gasteiger partial charge in [0.25, 0.3) is 0 Å². The second-order valence-corrected chi connectivity index (χ2v) is 4.37. The Bertz CT molecular complexity index is 571. The Morgan fingerprint density at radius 3 is 2.68 bits per heavy atom. The van der Waals surface area contributed by atoms with E-state index in [9.17, 15) is 0 Å². The van der Waals surface area contributed by atoms with Gasteiger partial charge in [0.1, 0.15) is 12.0 Å². The molecule has 0 spiro atoms. The van der Waals surface area contributed by atoms with Crippen molar-refractivity contribution >= 4 is 11.5 Å². The van der Waals surface area contributed by atoms with E-state index in [1.807, 2.05) is 12.1 Å². The third kappa shape index (κ3) is 2.76. The third-order valence-electron chi connectivity index (χ3n) is 3.05. The van der Waals surface area contributed by atoms with Crippen LogP contribution >= 0.6 is 0 Å². The van der Waals surface area contributed by atoms with E-state index in [1.54, 1.807) is 0 Å². The number of hydrogen-bond acceptors (Lipinski definition) is 5. The number of ether oxygens (including phenoxy) is 1. The van der Waals surface area contributed by atoms with Crippen LogP contribution in [0.3, 0.4) is 0 Å². The van der Waals surface area contributed by atoms with Crippen LogP contribution in [0.5, 0.6) is 5.88 Å². The Morgan fingerprint density at radius 1 is 1.26 bits per heavy atom. The van der Waals surface area contributed by atoms with E-state index in [0.29, 0.717) is 17.4 Å². The molecule has 3 N–H and O–H groups in total. The smallest absolute Gasteiger partial charge is 0.242 e. The first-order valence-corrected chi connectivity index (χ1v) is 6.10. The zero-order valence-electron chi connectivity index (χ0n) is 11.3. The molecule has 0 bridgehead atoms. The van der Waals surface area contributed by atoms with Crippen LogP contribution in [0.1, 0.15) is 24.1 Å². The SMILES string of the molecule is COc1ncnc(NC(C)c2ccccc2C)c1N. The number of rotatable bonds is 4. The van der Waals surface area contributed by atoms with E-state index < -0.39 is 0 Å². The van der Waals surface area contributed by atoms with Crippen LogP contribution in [0.15, 0.2) is 30.6 Å². The van der Waals surface area contributed by atoms with Gasteiger partial charge in [-0.25, -0.2) is 4.98 Å². The number of anilines is 2. The fraction of sp³-hybridized carbons (Fsp3) is 0.286. The van der Waals surface area contributed by atoms with Gasteiger partial charge in [-0.15, -0.1) is 0 Å². The maximum absolute atomic E-state index is 5.95. The lowest BCUT2D eigenvalue weighted by atomic mass is 10.0. The number of methoxy groups -OCH3 is 1. The molecule has 0 radical (unpaired) electrons. The number of nitrogens with one attached hydrogen (secondary N) is 1. The number of nitrogens with two attached hydrogens (primary N) is 1. The average Bonchev–Trinajstić information content (AvgIpc) is 2.41. The lowest BCUT2D eigenvalue weighted by Crippen LogP contribution is -2.12. The summed E-state index contributed by atoms with van der Waals surface area (Å²) in [5.74, 6) is 0.970. The molecule has 0 aliphatic rings. The lowest BCUT2D eigenvalue weighted by molar-refractivity contribution is 0.399. The Morgan fingerprint density at radius 2 is 2.00 bits per heavy atom. The molecule has 0 aliphatic heterocycles. The molecule has 2 aromatic rings. The highest BCUT2D eigenvalue weighted by Gasteiger charge is 2.13. The Hall–Kier alpha value is -2.30. The molecule has 1 aromatic carbocycles. The van der Waals surface area contributed by atoms with Crippen molar-refractivity contribution in [1.29, 1.82) is 0 Å². The van der Waals surface area contributed by atoms with Crippen LogP contribution in [-0.2, 0) is 0 Å². The van der Waals surface area contributed by atoms with E-state index in [2.05, 4.69) is 41.3 Å². The monoisotopic (exact) mass is 258 g/mol. The van der Waals surface area contributed by atoms with Crippen molar-refractivity contribution in [3.63, 3.8) is 0 Å². The maximum Gasteiger partial charge on any atom is 0.242 e. The van der Waals surface area contributed by atoms with Gasteiger partial charge in [-0.3, -0.25) is 0 Å². The fourth-order valence-corrected chi connectivity index (χ4v) is 2.01. The van der Waals surface area contributed by atoms with Crippen LogP contribution < -0.4 is 15.8 Å². The van der Waals surface area contributed by atoms with Crippen LogP contribution in [-0.4, -0.2) is 17.1 Å². The standard InChI is InChI=1S/C14H18N4O/c1-9-6-4-5-7-11(9)10(2)18-13-12(15)14(19-3)17-8-16-13/h4-8,10H,15H2,1-3H3,(H,16,17,18). The topological polar surface area (TPSA) is 73.1 Å². The summed E-state index contributed by atoms with van der Waals surface area (Å²) in [6.07, 6.45) is 1.43. The number of benzene rings is 1. The molecule has 1 unspecified atom stereocenters. The van der Waals surface area contributed by atoms with Crippen LogP contribution in [0.25, 0.3) is 0 Å². The minimum atomic E-state index is 0.100. The first kappa shape index (κ1) is 13.1. The van der Waals surface area contributed by atoms with E-state index >= 15 is 0 Å². The summed E-state index contributed by atoms with van der Waals surface area (Å²) in [5.41, 5.74) is 8.80. The van der Waals surface area contributed by atoms with E-state index in [1.165, 1.54) is 24.6 Å².